The van der Waals surface area contributed by atoms with Gasteiger partial charge in [-0.3, -0.25) is 0 Å². The summed E-state index contributed by atoms with van der Waals surface area (Å²) < 4.78 is 2.64. The van der Waals surface area contributed by atoms with Crippen LogP contribution < -0.4 is 10.6 Å². The highest BCUT2D eigenvalue weighted by Crippen LogP contribution is 2.39. The zero-order valence-electron chi connectivity index (χ0n) is 22.7. The van der Waals surface area contributed by atoms with Crippen LogP contribution in [-0.2, 0) is 6.42 Å². The maximum atomic E-state index is 10.8. The maximum Gasteiger partial charge on any atom is 0.223 e. The molecule has 2 aromatic heterocycles. The van der Waals surface area contributed by atoms with Gasteiger partial charge in [-0.1, -0.05) is 24.3 Å². The maximum absolute atomic E-state index is 10.8. The minimum atomic E-state index is -0.160. The highest BCUT2D eigenvalue weighted by atomic mass is 16.3. The number of rotatable bonds is 8. The molecule has 0 bridgehead atoms. The van der Waals surface area contributed by atoms with Crippen molar-refractivity contribution < 1.29 is 30.6 Å². The first-order chi connectivity index (χ1) is 20.7. The summed E-state index contributed by atoms with van der Waals surface area (Å²) in [7, 11) is 0. The molecule has 0 amide bonds. The minimum absolute atomic E-state index is 0.125. The van der Waals surface area contributed by atoms with Gasteiger partial charge in [0.15, 0.2) is 0 Å². The number of hydrogen-bond acceptors (Lipinski definition) is 8. The van der Waals surface area contributed by atoms with E-state index in [0.717, 1.165) is 11.1 Å². The first-order valence-corrected chi connectivity index (χ1v) is 13.3. The van der Waals surface area contributed by atoms with E-state index in [4.69, 9.17) is 0 Å². The summed E-state index contributed by atoms with van der Waals surface area (Å²) in [5, 5.41) is 67.5. The molecule has 0 aliphatic rings. The zero-order chi connectivity index (χ0) is 30.1. The van der Waals surface area contributed by atoms with Crippen LogP contribution in [0.2, 0.25) is 0 Å². The van der Waals surface area contributed by atoms with Gasteiger partial charge in [-0.25, -0.2) is 9.13 Å². The third-order valence-electron chi connectivity index (χ3n) is 7.00. The largest absolute Gasteiger partial charge is 0.508 e. The van der Waals surface area contributed by atoms with Crippen molar-refractivity contribution in [3.05, 3.63) is 120 Å². The lowest BCUT2D eigenvalue weighted by molar-refractivity contribution is 0.402. The lowest BCUT2D eigenvalue weighted by Gasteiger charge is -2.11. The van der Waals surface area contributed by atoms with Gasteiger partial charge in [0.25, 0.3) is 0 Å². The van der Waals surface area contributed by atoms with Crippen LogP contribution in [0, 0.1) is 0 Å². The monoisotopic (exact) mass is 576 g/mol. The number of aromatic nitrogens is 2. The van der Waals surface area contributed by atoms with Gasteiger partial charge in [0.05, 0.1) is 11.4 Å². The quantitative estimate of drug-likeness (QED) is 0.0945. The Morgan fingerprint density at radius 1 is 0.442 bits per heavy atom. The summed E-state index contributed by atoms with van der Waals surface area (Å²) in [4.78, 5) is 0. The average molecular weight is 577 g/mol. The molecule has 216 valence electrons. The van der Waals surface area contributed by atoms with E-state index < -0.39 is 0 Å². The van der Waals surface area contributed by atoms with Crippen LogP contribution in [0.1, 0.15) is 11.1 Å². The average Bonchev–Trinajstić information content (AvgIpc) is 3.44. The van der Waals surface area contributed by atoms with E-state index in [2.05, 4.69) is 10.6 Å². The number of phenolic OH excluding ortho intramolecular Hbond substituents is 2. The fraction of sp³-hybridized carbons (Fsp3) is 0.0303. The van der Waals surface area contributed by atoms with Gasteiger partial charge in [-0.05, 0) is 90.3 Å². The molecule has 10 nitrogen and oxygen atoms in total. The van der Waals surface area contributed by atoms with E-state index in [9.17, 15) is 30.6 Å². The lowest BCUT2D eigenvalue weighted by atomic mass is 10.0. The van der Waals surface area contributed by atoms with Crippen molar-refractivity contribution in [2.75, 3.05) is 10.6 Å². The fourth-order valence-electron chi connectivity index (χ4n) is 4.83. The Morgan fingerprint density at radius 2 is 0.791 bits per heavy atom. The van der Waals surface area contributed by atoms with Gasteiger partial charge in [0.2, 0.25) is 23.5 Å². The Balaban J connectivity index is 1.15. The van der Waals surface area contributed by atoms with Crippen molar-refractivity contribution in [2.24, 2.45) is 0 Å². The number of hydrogen-bond donors (Lipinski definition) is 8. The smallest absolute Gasteiger partial charge is 0.223 e. The van der Waals surface area contributed by atoms with Crippen LogP contribution in [0.15, 0.2) is 109 Å². The van der Waals surface area contributed by atoms with E-state index in [0.29, 0.717) is 40.5 Å². The number of benzene rings is 4. The van der Waals surface area contributed by atoms with Crippen molar-refractivity contribution in [1.29, 1.82) is 0 Å². The number of nitrogens with one attached hydrogen (secondary N) is 2. The molecule has 4 aromatic carbocycles. The molecule has 0 aliphatic carbocycles. The van der Waals surface area contributed by atoms with Gasteiger partial charge in [0, 0.05) is 23.5 Å². The van der Waals surface area contributed by atoms with E-state index in [-0.39, 0.29) is 35.0 Å². The highest BCUT2D eigenvalue weighted by Gasteiger charge is 2.17. The molecule has 6 rings (SSSR count). The molecule has 0 saturated carbocycles. The van der Waals surface area contributed by atoms with Crippen molar-refractivity contribution in [3.8, 4) is 46.4 Å². The summed E-state index contributed by atoms with van der Waals surface area (Å²) in [5.74, 6) is -0.348. The highest BCUT2D eigenvalue weighted by molar-refractivity contribution is 5.70. The molecule has 43 heavy (non-hydrogen) atoms. The number of phenols is 2. The molecule has 0 fully saturated rings. The van der Waals surface area contributed by atoms with E-state index >= 15 is 0 Å². The molecule has 0 saturated heterocycles. The van der Waals surface area contributed by atoms with Crippen molar-refractivity contribution in [2.45, 2.75) is 6.42 Å². The standard InChI is InChI=1S/C33H28N4O6/c38-26-13-5-22(6-14-26)34-28-18-30(40)36(32(28)42)24-9-1-20(2-10-24)17-21-3-11-25(12-4-21)37-31(41)19-29(33(37)43)35-23-7-15-27(39)16-8-23/h1-16,18-19,34-35,38-43H,17H2. The third kappa shape index (κ3) is 5.57. The first-order valence-electron chi connectivity index (χ1n) is 13.3. The van der Waals surface area contributed by atoms with Gasteiger partial charge in [0.1, 0.15) is 22.9 Å². The van der Waals surface area contributed by atoms with Crippen molar-refractivity contribution >= 4 is 22.7 Å². The minimum Gasteiger partial charge on any atom is -0.508 e. The van der Waals surface area contributed by atoms with Crippen LogP contribution >= 0.6 is 0 Å². The summed E-state index contributed by atoms with van der Waals surface area (Å²) in [6.07, 6.45) is 0.606. The van der Waals surface area contributed by atoms with Crippen LogP contribution in [0.3, 0.4) is 0 Å². The zero-order valence-corrected chi connectivity index (χ0v) is 22.7. The number of aromatic hydroxyl groups is 6. The Bertz CT molecular complexity index is 1740. The molecule has 10 heteroatoms. The molecular weight excluding hydrogens is 548 g/mol. The van der Waals surface area contributed by atoms with Crippen LogP contribution in [0.4, 0.5) is 22.7 Å². The summed E-state index contributed by atoms with van der Waals surface area (Å²) in [5.41, 5.74) is 5.05. The second-order valence-corrected chi connectivity index (χ2v) is 10.0. The van der Waals surface area contributed by atoms with Crippen molar-refractivity contribution in [1.82, 2.24) is 9.13 Å². The molecule has 0 radical (unpaired) electrons. The second-order valence-electron chi connectivity index (χ2n) is 10.0. The summed E-state index contributed by atoms with van der Waals surface area (Å²) in [6, 6.07) is 30.3. The van der Waals surface area contributed by atoms with E-state index in [1.807, 2.05) is 24.3 Å². The summed E-state index contributed by atoms with van der Waals surface area (Å²) in [6.45, 7) is 0. The van der Waals surface area contributed by atoms with Gasteiger partial charge >= 0.3 is 0 Å². The van der Waals surface area contributed by atoms with E-state index in [1.165, 1.54) is 45.5 Å². The molecule has 0 atom stereocenters. The molecule has 0 unspecified atom stereocenters. The Hall–Kier alpha value is -6.16. The van der Waals surface area contributed by atoms with Crippen LogP contribution in [0.5, 0.6) is 35.0 Å². The summed E-state index contributed by atoms with van der Waals surface area (Å²) >= 11 is 0. The normalized spacial score (nSPS) is 11.0. The second kappa shape index (κ2) is 11.0. The van der Waals surface area contributed by atoms with Crippen molar-refractivity contribution in [3.63, 3.8) is 0 Å². The first kappa shape index (κ1) is 27.0. The third-order valence-corrected chi connectivity index (χ3v) is 7.00. The number of nitrogens with zero attached hydrogens (tertiary/aromatic N) is 2. The Kier molecular flexibility index (Phi) is 6.93. The van der Waals surface area contributed by atoms with Crippen LogP contribution in [-0.4, -0.2) is 39.8 Å². The molecule has 0 aliphatic heterocycles. The van der Waals surface area contributed by atoms with Gasteiger partial charge in [-0.15, -0.1) is 0 Å². The molecule has 2 heterocycles. The Morgan fingerprint density at radius 3 is 1.14 bits per heavy atom. The SMILES string of the molecule is Oc1ccc(Nc2cc(O)n(-c3ccc(Cc4ccc(-n5c(O)cc(Nc6ccc(O)cc6)c5O)cc4)cc3)c2O)cc1. The predicted molar refractivity (Wildman–Crippen MR) is 164 cm³/mol. The molecule has 6 aromatic rings. The van der Waals surface area contributed by atoms with E-state index in [1.54, 1.807) is 48.5 Å². The molecule has 8 N–H and O–H groups in total. The topological polar surface area (TPSA) is 155 Å². The predicted octanol–water partition coefficient (Wildman–Crippen LogP) is 6.58. The molecule has 0 spiro atoms. The Labute approximate surface area is 246 Å². The number of anilines is 4. The fourth-order valence-corrected chi connectivity index (χ4v) is 4.83. The lowest BCUT2D eigenvalue weighted by Crippen LogP contribution is -1.96. The molecular formula is C33H28N4O6. The van der Waals surface area contributed by atoms with Crippen LogP contribution in [0.25, 0.3) is 11.4 Å². The van der Waals surface area contributed by atoms with Gasteiger partial charge in [-0.2, -0.15) is 0 Å². The van der Waals surface area contributed by atoms with Gasteiger partial charge < -0.3 is 41.3 Å².